The van der Waals surface area contributed by atoms with Crippen LogP contribution in [-0.2, 0) is 4.74 Å². The van der Waals surface area contributed by atoms with Crippen LogP contribution < -0.4 is 5.73 Å². The van der Waals surface area contributed by atoms with E-state index < -0.39 is 17.5 Å². The van der Waals surface area contributed by atoms with E-state index in [0.29, 0.717) is 18.7 Å². The smallest absolute Gasteiger partial charge is 0.410 e. The van der Waals surface area contributed by atoms with Crippen LogP contribution in [0.5, 0.6) is 0 Å². The number of pyridine rings is 1. The first-order chi connectivity index (χ1) is 9.74. The zero-order valence-electron chi connectivity index (χ0n) is 12.5. The van der Waals surface area contributed by atoms with Gasteiger partial charge < -0.3 is 15.4 Å². The Morgan fingerprint density at radius 2 is 2.19 bits per heavy atom. The Balaban J connectivity index is 2.17. The van der Waals surface area contributed by atoms with E-state index in [4.69, 9.17) is 10.5 Å². The van der Waals surface area contributed by atoms with Crippen molar-refractivity contribution in [2.24, 2.45) is 5.73 Å². The Morgan fingerprint density at radius 3 is 2.81 bits per heavy atom. The number of ether oxygens (including phenoxy) is 1. The highest BCUT2D eigenvalue weighted by atomic mass is 19.1. The fourth-order valence-electron chi connectivity index (χ4n) is 2.13. The third-order valence-corrected chi connectivity index (χ3v) is 2.94. The van der Waals surface area contributed by atoms with Gasteiger partial charge in [-0.3, -0.25) is 4.98 Å². The second-order valence-electron chi connectivity index (χ2n) is 6.11. The molecule has 0 fully saturated rings. The third kappa shape index (κ3) is 4.26. The van der Waals surface area contributed by atoms with E-state index in [0.717, 1.165) is 11.8 Å². The summed E-state index contributed by atoms with van der Waals surface area (Å²) in [4.78, 5) is 17.5. The number of hydrogen-bond donors (Lipinski definition) is 1. The summed E-state index contributed by atoms with van der Waals surface area (Å²) in [6.07, 6.45) is 4.10. The summed E-state index contributed by atoms with van der Waals surface area (Å²) in [5.74, 6) is -0.420. The summed E-state index contributed by atoms with van der Waals surface area (Å²) >= 11 is 0. The molecule has 1 aromatic rings. The lowest BCUT2D eigenvalue weighted by atomic mass is 10.0. The molecule has 2 N–H and O–H groups in total. The molecule has 0 aromatic carbocycles. The van der Waals surface area contributed by atoms with Gasteiger partial charge in [0.1, 0.15) is 11.4 Å². The highest BCUT2D eigenvalue weighted by Crippen LogP contribution is 2.22. The molecular formula is C15H20FN3O2. The first kappa shape index (κ1) is 15.4. The molecule has 21 heavy (non-hydrogen) atoms. The standard InChI is InChI=1S/C15H20FN3O2/c1-15(2,3)21-14(20)19-8-11(5-13(17)9-19)10-4-12(16)7-18-6-10/h4-7,13H,8-9,17H2,1-3H3. The van der Waals surface area contributed by atoms with E-state index in [1.165, 1.54) is 11.0 Å². The van der Waals surface area contributed by atoms with Crippen molar-refractivity contribution < 1.29 is 13.9 Å². The van der Waals surface area contributed by atoms with Gasteiger partial charge in [0.25, 0.3) is 0 Å². The molecule has 1 amide bonds. The second-order valence-corrected chi connectivity index (χ2v) is 6.11. The molecule has 1 unspecified atom stereocenters. The van der Waals surface area contributed by atoms with Gasteiger partial charge in [-0.1, -0.05) is 6.08 Å². The summed E-state index contributed by atoms with van der Waals surface area (Å²) in [7, 11) is 0. The number of amides is 1. The van der Waals surface area contributed by atoms with E-state index >= 15 is 0 Å². The van der Waals surface area contributed by atoms with Crippen LogP contribution >= 0.6 is 0 Å². The maximum absolute atomic E-state index is 13.3. The second kappa shape index (κ2) is 5.81. The molecule has 2 heterocycles. The van der Waals surface area contributed by atoms with Gasteiger partial charge in [0.15, 0.2) is 0 Å². The first-order valence-electron chi connectivity index (χ1n) is 6.80. The Bertz CT molecular complexity index is 566. The predicted octanol–water partition coefficient (Wildman–Crippen LogP) is 2.18. The van der Waals surface area contributed by atoms with Crippen LogP contribution in [0.15, 0.2) is 24.5 Å². The van der Waals surface area contributed by atoms with E-state index in [1.54, 1.807) is 6.20 Å². The van der Waals surface area contributed by atoms with E-state index in [1.807, 2.05) is 26.8 Å². The molecular weight excluding hydrogens is 273 g/mol. The molecule has 1 atom stereocenters. The van der Waals surface area contributed by atoms with Crippen molar-refractivity contribution >= 4 is 11.7 Å². The molecule has 2 rings (SSSR count). The normalized spacial score (nSPS) is 19.2. The Morgan fingerprint density at radius 1 is 1.48 bits per heavy atom. The minimum Gasteiger partial charge on any atom is -0.444 e. The van der Waals surface area contributed by atoms with Crippen LogP contribution in [0.2, 0.25) is 0 Å². The van der Waals surface area contributed by atoms with Gasteiger partial charge in [0, 0.05) is 30.9 Å². The van der Waals surface area contributed by atoms with E-state index in [2.05, 4.69) is 4.98 Å². The number of nitrogens with zero attached hydrogens (tertiary/aromatic N) is 2. The van der Waals surface area contributed by atoms with Crippen LogP contribution in [0.1, 0.15) is 26.3 Å². The maximum Gasteiger partial charge on any atom is 0.410 e. The molecule has 114 valence electrons. The van der Waals surface area contributed by atoms with Crippen molar-refractivity contribution in [1.82, 2.24) is 9.88 Å². The molecule has 0 aliphatic carbocycles. The van der Waals surface area contributed by atoms with Crippen LogP contribution in [0.3, 0.4) is 0 Å². The Hall–Kier alpha value is -1.95. The largest absolute Gasteiger partial charge is 0.444 e. The van der Waals surface area contributed by atoms with Crippen molar-refractivity contribution in [3.8, 4) is 0 Å². The zero-order chi connectivity index (χ0) is 15.6. The highest BCUT2D eigenvalue weighted by molar-refractivity contribution is 5.75. The minimum absolute atomic E-state index is 0.315. The van der Waals surface area contributed by atoms with Crippen molar-refractivity contribution in [2.75, 3.05) is 13.1 Å². The lowest BCUT2D eigenvalue weighted by molar-refractivity contribution is 0.0265. The van der Waals surface area contributed by atoms with Crippen molar-refractivity contribution in [2.45, 2.75) is 32.4 Å². The summed E-state index contributed by atoms with van der Waals surface area (Å²) in [5, 5.41) is 0. The predicted molar refractivity (Wildman–Crippen MR) is 78.0 cm³/mol. The molecule has 1 aromatic heterocycles. The molecule has 0 saturated heterocycles. The first-order valence-corrected chi connectivity index (χ1v) is 6.80. The maximum atomic E-state index is 13.3. The third-order valence-electron chi connectivity index (χ3n) is 2.94. The number of nitrogens with two attached hydrogens (primary N) is 1. The van der Waals surface area contributed by atoms with Crippen LogP contribution in [0, 0.1) is 5.82 Å². The minimum atomic E-state index is -0.567. The molecule has 1 aliphatic heterocycles. The van der Waals surface area contributed by atoms with Gasteiger partial charge >= 0.3 is 6.09 Å². The number of rotatable bonds is 1. The average Bonchev–Trinajstić information content (AvgIpc) is 2.36. The zero-order valence-corrected chi connectivity index (χ0v) is 12.5. The van der Waals surface area contributed by atoms with Crippen molar-refractivity contribution in [3.63, 3.8) is 0 Å². The van der Waals surface area contributed by atoms with Crippen LogP contribution in [-0.4, -0.2) is 40.7 Å². The molecule has 0 bridgehead atoms. The van der Waals surface area contributed by atoms with Gasteiger partial charge in [-0.2, -0.15) is 0 Å². The lowest BCUT2D eigenvalue weighted by Crippen LogP contribution is -2.46. The van der Waals surface area contributed by atoms with Crippen molar-refractivity contribution in [1.29, 1.82) is 0 Å². The SMILES string of the molecule is CC(C)(C)OC(=O)N1CC(c2cncc(F)c2)=CC(N)C1. The number of carbonyl (C=O) groups excluding carboxylic acids is 1. The van der Waals surface area contributed by atoms with Gasteiger partial charge in [-0.05, 0) is 32.4 Å². The number of carbonyl (C=O) groups is 1. The highest BCUT2D eigenvalue weighted by Gasteiger charge is 2.27. The van der Waals surface area contributed by atoms with E-state index in [-0.39, 0.29) is 6.04 Å². The molecule has 1 aliphatic rings. The van der Waals surface area contributed by atoms with Crippen molar-refractivity contribution in [3.05, 3.63) is 35.9 Å². The Labute approximate surface area is 123 Å². The monoisotopic (exact) mass is 293 g/mol. The fraction of sp³-hybridized carbons (Fsp3) is 0.467. The molecule has 0 saturated carbocycles. The van der Waals surface area contributed by atoms with Gasteiger partial charge in [0.2, 0.25) is 0 Å². The van der Waals surface area contributed by atoms with Gasteiger partial charge in [-0.15, -0.1) is 0 Å². The lowest BCUT2D eigenvalue weighted by Gasteiger charge is -2.32. The summed E-state index contributed by atoms with van der Waals surface area (Å²) in [5.41, 5.74) is 6.78. The van der Waals surface area contributed by atoms with Gasteiger partial charge in [0.05, 0.1) is 6.20 Å². The molecule has 5 nitrogen and oxygen atoms in total. The quantitative estimate of drug-likeness (QED) is 0.861. The topological polar surface area (TPSA) is 68.5 Å². The molecule has 0 radical (unpaired) electrons. The number of aromatic nitrogens is 1. The summed E-state index contributed by atoms with van der Waals surface area (Å²) in [6.45, 7) is 6.13. The number of halogens is 1. The number of hydrogen-bond acceptors (Lipinski definition) is 4. The van der Waals surface area contributed by atoms with Gasteiger partial charge in [-0.25, -0.2) is 9.18 Å². The van der Waals surface area contributed by atoms with E-state index in [9.17, 15) is 9.18 Å². The molecule has 6 heteroatoms. The Kier molecular flexibility index (Phi) is 4.27. The fourth-order valence-corrected chi connectivity index (χ4v) is 2.13. The van der Waals surface area contributed by atoms with Crippen LogP contribution in [0.4, 0.5) is 9.18 Å². The average molecular weight is 293 g/mol. The summed E-state index contributed by atoms with van der Waals surface area (Å²) < 4.78 is 18.6. The summed E-state index contributed by atoms with van der Waals surface area (Å²) in [6, 6.07) is 1.06. The molecule has 0 spiro atoms. The van der Waals surface area contributed by atoms with Crippen LogP contribution in [0.25, 0.3) is 5.57 Å².